The third-order valence-electron chi connectivity index (χ3n) is 3.59. The third-order valence-corrected chi connectivity index (χ3v) is 4.96. The van der Waals surface area contributed by atoms with Crippen molar-refractivity contribution in [1.29, 1.82) is 0 Å². The molecule has 0 spiro atoms. The molecule has 2 rings (SSSR count). The summed E-state index contributed by atoms with van der Waals surface area (Å²) in [5, 5.41) is 0. The van der Waals surface area contributed by atoms with E-state index in [-0.39, 0.29) is 17.2 Å². The molecule has 1 aromatic rings. The van der Waals surface area contributed by atoms with Crippen LogP contribution in [0.4, 0.5) is 0 Å². The summed E-state index contributed by atoms with van der Waals surface area (Å²) < 4.78 is 37.7. The monoisotopic (exact) mass is 341 g/mol. The summed E-state index contributed by atoms with van der Waals surface area (Å²) in [5.41, 5.74) is 0. The zero-order valence-electron chi connectivity index (χ0n) is 13.5. The third kappa shape index (κ3) is 4.86. The highest BCUT2D eigenvalue weighted by atomic mass is 32.2. The van der Waals surface area contributed by atoms with Gasteiger partial charge in [-0.15, -0.1) is 0 Å². The number of amides is 1. The van der Waals surface area contributed by atoms with Gasteiger partial charge >= 0.3 is 0 Å². The number of hydrogen-bond acceptors (Lipinski definition) is 5. The predicted octanol–water partition coefficient (Wildman–Crippen LogP) is 2.48. The first kappa shape index (κ1) is 17.6. The maximum atomic E-state index is 12.3. The molecule has 1 heterocycles. The molecule has 0 bridgehead atoms. The first-order chi connectivity index (χ1) is 10.9. The van der Waals surface area contributed by atoms with E-state index in [2.05, 4.69) is 4.72 Å². The van der Waals surface area contributed by atoms with Crippen molar-refractivity contribution in [3.8, 4) is 11.5 Å². The Labute approximate surface area is 137 Å². The molecule has 0 saturated heterocycles. The quantitative estimate of drug-likeness (QED) is 0.859. The van der Waals surface area contributed by atoms with E-state index in [0.29, 0.717) is 24.7 Å². The van der Waals surface area contributed by atoms with E-state index in [1.165, 1.54) is 12.1 Å². The molecule has 23 heavy (non-hydrogen) atoms. The molecule has 1 atom stereocenters. The van der Waals surface area contributed by atoms with E-state index < -0.39 is 15.9 Å². The van der Waals surface area contributed by atoms with Gasteiger partial charge in [-0.25, -0.2) is 13.1 Å². The van der Waals surface area contributed by atoms with Gasteiger partial charge in [0.1, 0.15) is 0 Å². The van der Waals surface area contributed by atoms with Crippen molar-refractivity contribution in [3.63, 3.8) is 0 Å². The molecule has 0 aromatic heterocycles. The van der Waals surface area contributed by atoms with Crippen molar-refractivity contribution < 1.29 is 22.7 Å². The molecule has 0 fully saturated rings. The van der Waals surface area contributed by atoms with E-state index in [1.54, 1.807) is 6.07 Å². The second kappa shape index (κ2) is 7.68. The Kier molecular flexibility index (Phi) is 5.87. The van der Waals surface area contributed by atoms with Gasteiger partial charge in [0.25, 0.3) is 10.0 Å². The molecule has 1 aliphatic rings. The summed E-state index contributed by atoms with van der Waals surface area (Å²) in [5.74, 6) is 0.568. The van der Waals surface area contributed by atoms with E-state index in [1.807, 2.05) is 13.8 Å². The molecule has 6 nitrogen and oxygen atoms in total. The Morgan fingerprint density at radius 3 is 2.65 bits per heavy atom. The average molecular weight is 341 g/mol. The molecule has 1 aliphatic heterocycles. The van der Waals surface area contributed by atoms with Crippen LogP contribution in [-0.4, -0.2) is 27.5 Å². The van der Waals surface area contributed by atoms with E-state index in [0.717, 1.165) is 19.3 Å². The van der Waals surface area contributed by atoms with E-state index in [4.69, 9.17) is 9.47 Å². The zero-order chi connectivity index (χ0) is 16.9. The van der Waals surface area contributed by atoms with Crippen LogP contribution in [0.3, 0.4) is 0 Å². The fraction of sp³-hybridized carbons (Fsp3) is 0.562. The van der Waals surface area contributed by atoms with Gasteiger partial charge in [0.05, 0.1) is 18.1 Å². The van der Waals surface area contributed by atoms with Crippen LogP contribution in [0.25, 0.3) is 0 Å². The van der Waals surface area contributed by atoms with Crippen LogP contribution in [0.15, 0.2) is 23.1 Å². The fourth-order valence-electron chi connectivity index (χ4n) is 2.47. The molecule has 7 heteroatoms. The van der Waals surface area contributed by atoms with E-state index >= 15 is 0 Å². The highest BCUT2D eigenvalue weighted by Crippen LogP contribution is 2.31. The second-order valence-corrected chi connectivity index (χ2v) is 7.47. The molecule has 0 saturated carbocycles. The standard InChI is InChI=1S/C16H23NO5S/c1-3-5-12(2)10-16(18)17-23(19,20)13-6-7-14-15(11-13)22-9-4-8-21-14/h6-7,11-12H,3-5,8-10H2,1-2H3,(H,17,18). The van der Waals surface area contributed by atoms with Crippen molar-refractivity contribution in [3.05, 3.63) is 18.2 Å². The zero-order valence-corrected chi connectivity index (χ0v) is 14.3. The molecule has 1 N–H and O–H groups in total. The topological polar surface area (TPSA) is 81.7 Å². The smallest absolute Gasteiger partial charge is 0.264 e. The molecular formula is C16H23NO5S. The number of fused-ring (bicyclic) bond motifs is 1. The highest BCUT2D eigenvalue weighted by molar-refractivity contribution is 7.90. The SMILES string of the molecule is CCCC(C)CC(=O)NS(=O)(=O)c1ccc2c(c1)OCCCO2. The summed E-state index contributed by atoms with van der Waals surface area (Å²) >= 11 is 0. The number of rotatable bonds is 6. The number of ether oxygens (including phenoxy) is 2. The van der Waals surface area contributed by atoms with Gasteiger partial charge in [-0.05, 0) is 18.1 Å². The van der Waals surface area contributed by atoms with Gasteiger partial charge in [-0.3, -0.25) is 4.79 Å². The lowest BCUT2D eigenvalue weighted by Crippen LogP contribution is -2.31. The Morgan fingerprint density at radius 1 is 1.26 bits per heavy atom. The largest absolute Gasteiger partial charge is 0.490 e. The number of carbonyl (C=O) groups excluding carboxylic acids is 1. The minimum atomic E-state index is -3.90. The fourth-order valence-corrected chi connectivity index (χ4v) is 3.48. The molecular weight excluding hydrogens is 318 g/mol. The lowest BCUT2D eigenvalue weighted by Gasteiger charge is -2.12. The maximum Gasteiger partial charge on any atom is 0.264 e. The molecule has 0 radical (unpaired) electrons. The summed E-state index contributed by atoms with van der Waals surface area (Å²) in [6, 6.07) is 4.36. The first-order valence-electron chi connectivity index (χ1n) is 7.87. The Morgan fingerprint density at radius 2 is 1.96 bits per heavy atom. The summed E-state index contributed by atoms with van der Waals surface area (Å²) in [6.07, 6.45) is 2.78. The van der Waals surface area contributed by atoms with Crippen molar-refractivity contribution in [1.82, 2.24) is 4.72 Å². The van der Waals surface area contributed by atoms with Gasteiger partial charge in [0.2, 0.25) is 5.91 Å². The minimum Gasteiger partial charge on any atom is -0.490 e. The van der Waals surface area contributed by atoms with Crippen LogP contribution in [0.1, 0.15) is 39.5 Å². The molecule has 0 aliphatic carbocycles. The van der Waals surface area contributed by atoms with Crippen molar-refractivity contribution >= 4 is 15.9 Å². The van der Waals surface area contributed by atoms with Crippen LogP contribution >= 0.6 is 0 Å². The van der Waals surface area contributed by atoms with Gasteiger partial charge < -0.3 is 9.47 Å². The van der Waals surface area contributed by atoms with Crippen molar-refractivity contribution in [2.45, 2.75) is 44.4 Å². The average Bonchev–Trinajstić information content (AvgIpc) is 2.70. The Hall–Kier alpha value is -1.76. The minimum absolute atomic E-state index is 0.00163. The molecule has 1 unspecified atom stereocenters. The van der Waals surface area contributed by atoms with Crippen LogP contribution in [0.2, 0.25) is 0 Å². The van der Waals surface area contributed by atoms with Crippen LogP contribution < -0.4 is 14.2 Å². The lowest BCUT2D eigenvalue weighted by atomic mass is 10.0. The number of benzene rings is 1. The van der Waals surface area contributed by atoms with Gasteiger partial charge in [0.15, 0.2) is 11.5 Å². The summed E-state index contributed by atoms with van der Waals surface area (Å²) in [7, 11) is -3.90. The van der Waals surface area contributed by atoms with Gasteiger partial charge in [0, 0.05) is 18.9 Å². The van der Waals surface area contributed by atoms with Crippen molar-refractivity contribution in [2.75, 3.05) is 13.2 Å². The lowest BCUT2D eigenvalue weighted by molar-refractivity contribution is -0.120. The van der Waals surface area contributed by atoms with Crippen molar-refractivity contribution in [2.24, 2.45) is 5.92 Å². The number of sulfonamides is 1. The van der Waals surface area contributed by atoms with E-state index in [9.17, 15) is 13.2 Å². The molecule has 1 aromatic carbocycles. The Bertz CT molecular complexity index is 656. The Balaban J connectivity index is 2.10. The highest BCUT2D eigenvalue weighted by Gasteiger charge is 2.21. The van der Waals surface area contributed by atoms with Crippen LogP contribution in [0.5, 0.6) is 11.5 Å². The molecule has 1 amide bonds. The number of nitrogens with one attached hydrogen (secondary N) is 1. The number of carbonyl (C=O) groups is 1. The number of hydrogen-bond donors (Lipinski definition) is 1. The van der Waals surface area contributed by atoms with Crippen LogP contribution in [-0.2, 0) is 14.8 Å². The van der Waals surface area contributed by atoms with Crippen LogP contribution in [0, 0.1) is 5.92 Å². The maximum absolute atomic E-state index is 12.3. The molecule has 128 valence electrons. The second-order valence-electron chi connectivity index (χ2n) is 5.79. The summed E-state index contributed by atoms with van der Waals surface area (Å²) in [4.78, 5) is 11.9. The predicted molar refractivity (Wildman–Crippen MR) is 86.1 cm³/mol. The first-order valence-corrected chi connectivity index (χ1v) is 9.36. The summed E-state index contributed by atoms with van der Waals surface area (Å²) in [6.45, 7) is 4.97. The van der Waals surface area contributed by atoms with Gasteiger partial charge in [-0.2, -0.15) is 0 Å². The van der Waals surface area contributed by atoms with Gasteiger partial charge in [-0.1, -0.05) is 26.7 Å². The normalized spacial score (nSPS) is 15.6.